The molecule has 0 bridgehead atoms. The van der Waals surface area contributed by atoms with Gasteiger partial charge < -0.3 is 10.7 Å². The maximum atomic E-state index is 4.11. The van der Waals surface area contributed by atoms with E-state index in [0.29, 0.717) is 12.0 Å². The number of fused-ring (bicyclic) bond motifs is 3. The second-order valence-corrected chi connectivity index (χ2v) is 3.51. The highest BCUT2D eigenvalue weighted by Crippen LogP contribution is 2.31. The summed E-state index contributed by atoms with van der Waals surface area (Å²) >= 11 is 0. The van der Waals surface area contributed by atoms with Gasteiger partial charge in [0.15, 0.2) is 0 Å². The predicted octanol–water partition coefficient (Wildman–Crippen LogP) is 1.15. The molecule has 1 aromatic rings. The van der Waals surface area contributed by atoms with Crippen molar-refractivity contribution < 1.29 is 0 Å². The van der Waals surface area contributed by atoms with Crippen LogP contribution in [0.3, 0.4) is 0 Å². The van der Waals surface area contributed by atoms with Crippen molar-refractivity contribution in [3.8, 4) is 0 Å². The van der Waals surface area contributed by atoms with E-state index in [1.54, 1.807) is 0 Å². The molecule has 3 nitrogen and oxygen atoms in total. The Labute approximate surface area is 76.8 Å². The first-order valence-electron chi connectivity index (χ1n) is 4.56. The largest absolute Gasteiger partial charge is 0.383 e. The van der Waals surface area contributed by atoms with Crippen LogP contribution in [0.25, 0.3) is 0 Å². The van der Waals surface area contributed by atoms with Crippen LogP contribution in [0, 0.1) is 0 Å². The molecule has 2 N–H and O–H groups in total. The summed E-state index contributed by atoms with van der Waals surface area (Å²) in [5, 5.41) is 7.50. The van der Waals surface area contributed by atoms with Crippen LogP contribution < -0.4 is 10.7 Å². The monoisotopic (exact) mass is 173 g/mol. The molecule has 0 fully saturated rings. The number of hydrogen-bond donors (Lipinski definition) is 2. The lowest BCUT2D eigenvalue weighted by Crippen LogP contribution is -2.37. The van der Waals surface area contributed by atoms with E-state index in [2.05, 4.69) is 40.1 Å². The molecular formula is C10H11N3. The number of hydrazone groups is 1. The fourth-order valence-corrected chi connectivity index (χ4v) is 2.04. The highest BCUT2D eigenvalue weighted by molar-refractivity contribution is 5.76. The Morgan fingerprint density at radius 1 is 1.31 bits per heavy atom. The van der Waals surface area contributed by atoms with Crippen molar-refractivity contribution in [2.45, 2.75) is 12.0 Å². The van der Waals surface area contributed by atoms with Gasteiger partial charge in [0.05, 0.1) is 6.04 Å². The zero-order valence-corrected chi connectivity index (χ0v) is 7.20. The maximum absolute atomic E-state index is 4.11. The topological polar surface area (TPSA) is 36.4 Å². The van der Waals surface area contributed by atoms with Crippen LogP contribution in [0.1, 0.15) is 11.5 Å². The van der Waals surface area contributed by atoms with Crippen molar-refractivity contribution in [1.29, 1.82) is 0 Å². The van der Waals surface area contributed by atoms with E-state index in [4.69, 9.17) is 0 Å². The molecule has 3 rings (SSSR count). The average molecular weight is 173 g/mol. The Morgan fingerprint density at radius 2 is 2.23 bits per heavy atom. The number of nitrogens with zero attached hydrogens (tertiary/aromatic N) is 1. The van der Waals surface area contributed by atoms with Gasteiger partial charge in [0.2, 0.25) is 0 Å². The quantitative estimate of drug-likeness (QED) is 0.617. The lowest BCUT2D eigenvalue weighted by molar-refractivity contribution is 0.555. The molecule has 3 heteroatoms. The number of para-hydroxylation sites is 1. The number of nitrogens with one attached hydrogen (secondary N) is 2. The summed E-state index contributed by atoms with van der Waals surface area (Å²) in [5.74, 6) is 0.456. The van der Waals surface area contributed by atoms with Crippen molar-refractivity contribution in [2.24, 2.45) is 5.10 Å². The highest BCUT2D eigenvalue weighted by atomic mass is 15.3. The average Bonchev–Trinajstić information content (AvgIpc) is 2.65. The van der Waals surface area contributed by atoms with Crippen molar-refractivity contribution in [1.82, 2.24) is 5.43 Å². The molecule has 0 aliphatic carbocycles. The maximum Gasteiger partial charge on any atom is 0.0732 e. The molecule has 0 spiro atoms. The van der Waals surface area contributed by atoms with Gasteiger partial charge in [0.1, 0.15) is 0 Å². The van der Waals surface area contributed by atoms with Gasteiger partial charge in [-0.1, -0.05) is 18.2 Å². The van der Waals surface area contributed by atoms with E-state index in [0.717, 1.165) is 6.54 Å². The first-order chi connectivity index (χ1) is 6.45. The van der Waals surface area contributed by atoms with Crippen molar-refractivity contribution in [3.63, 3.8) is 0 Å². The molecule has 0 aromatic heterocycles. The van der Waals surface area contributed by atoms with Gasteiger partial charge in [0, 0.05) is 24.4 Å². The van der Waals surface area contributed by atoms with E-state index >= 15 is 0 Å². The lowest BCUT2D eigenvalue weighted by Gasteiger charge is -2.27. The Balaban J connectivity index is 2.10. The summed E-state index contributed by atoms with van der Waals surface area (Å²) in [6, 6.07) is 8.87. The molecule has 2 aliphatic heterocycles. The van der Waals surface area contributed by atoms with Crippen LogP contribution in [-0.4, -0.2) is 18.8 Å². The zero-order chi connectivity index (χ0) is 8.67. The highest BCUT2D eigenvalue weighted by Gasteiger charge is 2.30. The SMILES string of the molecule is C1=NNC2CNc3ccccc3C12. The second kappa shape index (κ2) is 2.49. The Morgan fingerprint density at radius 3 is 3.23 bits per heavy atom. The number of anilines is 1. The number of benzene rings is 1. The molecule has 2 unspecified atom stereocenters. The molecule has 2 atom stereocenters. The first kappa shape index (κ1) is 6.95. The Bertz CT molecular complexity index is 359. The fraction of sp³-hybridized carbons (Fsp3) is 0.300. The smallest absolute Gasteiger partial charge is 0.0732 e. The third-order valence-electron chi connectivity index (χ3n) is 2.74. The van der Waals surface area contributed by atoms with Crippen molar-refractivity contribution >= 4 is 11.9 Å². The minimum absolute atomic E-state index is 0.440. The summed E-state index contributed by atoms with van der Waals surface area (Å²) in [6.45, 7) is 0.960. The van der Waals surface area contributed by atoms with Crippen LogP contribution in [0.2, 0.25) is 0 Å². The first-order valence-corrected chi connectivity index (χ1v) is 4.56. The van der Waals surface area contributed by atoms with Crippen LogP contribution in [0.15, 0.2) is 29.4 Å². The summed E-state index contributed by atoms with van der Waals surface area (Å²) in [5.41, 5.74) is 5.71. The van der Waals surface area contributed by atoms with Gasteiger partial charge in [-0.3, -0.25) is 0 Å². The predicted molar refractivity (Wildman–Crippen MR) is 53.1 cm³/mol. The normalized spacial score (nSPS) is 28.6. The minimum Gasteiger partial charge on any atom is -0.383 e. The molecule has 0 saturated carbocycles. The molecule has 0 radical (unpaired) electrons. The molecular weight excluding hydrogens is 162 g/mol. The van der Waals surface area contributed by atoms with Gasteiger partial charge in [0.25, 0.3) is 0 Å². The van der Waals surface area contributed by atoms with Crippen molar-refractivity contribution in [3.05, 3.63) is 29.8 Å². The minimum atomic E-state index is 0.440. The van der Waals surface area contributed by atoms with E-state index in [1.807, 2.05) is 6.21 Å². The summed E-state index contributed by atoms with van der Waals surface area (Å²) in [7, 11) is 0. The zero-order valence-electron chi connectivity index (χ0n) is 7.20. The number of rotatable bonds is 0. The van der Waals surface area contributed by atoms with Crippen LogP contribution in [-0.2, 0) is 0 Å². The third-order valence-corrected chi connectivity index (χ3v) is 2.74. The van der Waals surface area contributed by atoms with Gasteiger partial charge >= 0.3 is 0 Å². The fourth-order valence-electron chi connectivity index (χ4n) is 2.04. The molecule has 66 valence electrons. The van der Waals surface area contributed by atoms with E-state index < -0.39 is 0 Å². The third kappa shape index (κ3) is 0.932. The van der Waals surface area contributed by atoms with Gasteiger partial charge in [-0.15, -0.1) is 0 Å². The van der Waals surface area contributed by atoms with E-state index in [1.165, 1.54) is 11.3 Å². The number of hydrogen-bond acceptors (Lipinski definition) is 3. The molecule has 2 heterocycles. The Kier molecular flexibility index (Phi) is 1.33. The Hall–Kier alpha value is -1.51. The molecule has 0 amide bonds. The molecule has 1 aromatic carbocycles. The van der Waals surface area contributed by atoms with Crippen LogP contribution in [0.4, 0.5) is 5.69 Å². The molecule has 0 saturated heterocycles. The summed E-state index contributed by atoms with van der Waals surface area (Å²) in [6.07, 6.45) is 2.00. The lowest BCUT2D eigenvalue weighted by atomic mass is 9.89. The molecule has 13 heavy (non-hydrogen) atoms. The van der Waals surface area contributed by atoms with Gasteiger partial charge in [-0.2, -0.15) is 5.10 Å². The second-order valence-electron chi connectivity index (χ2n) is 3.51. The van der Waals surface area contributed by atoms with E-state index in [9.17, 15) is 0 Å². The molecule has 2 aliphatic rings. The summed E-state index contributed by atoms with van der Waals surface area (Å²) in [4.78, 5) is 0. The van der Waals surface area contributed by atoms with Crippen LogP contribution >= 0.6 is 0 Å². The van der Waals surface area contributed by atoms with Crippen LogP contribution in [0.5, 0.6) is 0 Å². The standard InChI is InChI=1S/C10H11N3/c1-2-4-9-7(3-1)8-5-12-13-10(8)6-11-9/h1-5,8,10-11,13H,6H2. The van der Waals surface area contributed by atoms with Crippen molar-refractivity contribution in [2.75, 3.05) is 11.9 Å². The van der Waals surface area contributed by atoms with Gasteiger partial charge in [-0.25, -0.2) is 0 Å². The van der Waals surface area contributed by atoms with Gasteiger partial charge in [-0.05, 0) is 11.6 Å². The van der Waals surface area contributed by atoms with E-state index in [-0.39, 0.29) is 0 Å². The summed E-state index contributed by atoms with van der Waals surface area (Å²) < 4.78 is 0.